The molecule has 4 nitrogen and oxygen atoms in total. The second-order valence-corrected chi connectivity index (χ2v) is 5.47. The Balaban J connectivity index is 2.17. The summed E-state index contributed by atoms with van der Waals surface area (Å²) >= 11 is 0. The molecule has 1 amide bonds. The van der Waals surface area contributed by atoms with Crippen molar-refractivity contribution in [3.05, 3.63) is 35.4 Å². The predicted molar refractivity (Wildman–Crippen MR) is 79.1 cm³/mol. The van der Waals surface area contributed by atoms with Crippen molar-refractivity contribution in [1.82, 2.24) is 5.32 Å². The maximum atomic E-state index is 11.8. The van der Waals surface area contributed by atoms with Crippen LogP contribution in [0.15, 0.2) is 24.3 Å². The van der Waals surface area contributed by atoms with Gasteiger partial charge in [0.15, 0.2) is 0 Å². The molecule has 0 aromatic heterocycles. The van der Waals surface area contributed by atoms with Crippen LogP contribution >= 0.6 is 0 Å². The fourth-order valence-electron chi connectivity index (χ4n) is 2.93. The zero-order valence-electron chi connectivity index (χ0n) is 12.1. The molecule has 0 spiro atoms. The lowest BCUT2D eigenvalue weighted by atomic mass is 9.93. The highest BCUT2D eigenvalue weighted by atomic mass is 16.5. The predicted octanol–water partition coefficient (Wildman–Crippen LogP) is 2.28. The lowest BCUT2D eigenvalue weighted by Crippen LogP contribution is -2.41. The highest BCUT2D eigenvalue weighted by Crippen LogP contribution is 2.24. The van der Waals surface area contributed by atoms with Crippen molar-refractivity contribution in [2.75, 3.05) is 7.11 Å². The van der Waals surface area contributed by atoms with Crippen LogP contribution in [0.1, 0.15) is 49.3 Å². The molecule has 2 rings (SSSR count). The summed E-state index contributed by atoms with van der Waals surface area (Å²) in [6.07, 6.45) is 5.98. The van der Waals surface area contributed by atoms with Gasteiger partial charge in [-0.15, -0.1) is 0 Å². The van der Waals surface area contributed by atoms with Crippen LogP contribution in [0.5, 0.6) is 0 Å². The highest BCUT2D eigenvalue weighted by Gasteiger charge is 2.24. The van der Waals surface area contributed by atoms with E-state index in [0.29, 0.717) is 12.6 Å². The van der Waals surface area contributed by atoms with E-state index in [-0.39, 0.29) is 5.91 Å². The fraction of sp³-hybridized carbons (Fsp3) is 0.562. The molecule has 1 unspecified atom stereocenters. The third-order valence-corrected chi connectivity index (χ3v) is 3.96. The monoisotopic (exact) mass is 276 g/mol. The number of hydrogen-bond donors (Lipinski definition) is 2. The molecule has 0 aliphatic heterocycles. The van der Waals surface area contributed by atoms with Crippen LogP contribution < -0.4 is 11.1 Å². The number of carbonyl (C=O) groups is 1. The minimum Gasteiger partial charge on any atom is -0.380 e. The van der Waals surface area contributed by atoms with Crippen molar-refractivity contribution >= 4 is 5.91 Å². The molecule has 1 aliphatic rings. The number of hydrogen-bond acceptors (Lipinski definition) is 3. The Hall–Kier alpha value is -1.39. The summed E-state index contributed by atoms with van der Waals surface area (Å²) in [5.74, 6) is -0.320. The molecule has 1 aliphatic carbocycles. The summed E-state index contributed by atoms with van der Waals surface area (Å²) in [4.78, 5) is 11.8. The second kappa shape index (κ2) is 7.41. The molecule has 1 fully saturated rings. The Morgan fingerprint density at radius 2 is 2.05 bits per heavy atom. The molecule has 1 atom stereocenters. The standard InChI is InChI=1S/C16H24N2O2/c1-20-11-12-7-5-6-10-14(12)15(16(17)19)18-13-8-3-2-4-9-13/h5-7,10,13,15,18H,2-4,8-9,11H2,1H3,(H2,17,19). The SMILES string of the molecule is COCc1ccccc1C(NC1CCCCC1)C(N)=O. The summed E-state index contributed by atoms with van der Waals surface area (Å²) < 4.78 is 5.21. The van der Waals surface area contributed by atoms with E-state index in [1.54, 1.807) is 7.11 Å². The topological polar surface area (TPSA) is 64.3 Å². The average molecular weight is 276 g/mol. The van der Waals surface area contributed by atoms with Crippen molar-refractivity contribution in [3.63, 3.8) is 0 Å². The van der Waals surface area contributed by atoms with E-state index in [0.717, 1.165) is 24.0 Å². The normalized spacial score (nSPS) is 17.9. The molecule has 1 saturated carbocycles. The van der Waals surface area contributed by atoms with Crippen LogP contribution in [0.25, 0.3) is 0 Å². The van der Waals surface area contributed by atoms with E-state index in [2.05, 4.69) is 5.32 Å². The van der Waals surface area contributed by atoms with Gasteiger partial charge in [0, 0.05) is 13.2 Å². The first kappa shape index (κ1) is 15.0. The van der Waals surface area contributed by atoms with Crippen LogP contribution in [0, 0.1) is 0 Å². The first-order valence-electron chi connectivity index (χ1n) is 7.34. The first-order valence-corrected chi connectivity index (χ1v) is 7.34. The molecular weight excluding hydrogens is 252 g/mol. The highest BCUT2D eigenvalue weighted by molar-refractivity contribution is 5.82. The number of nitrogens with two attached hydrogens (primary N) is 1. The molecule has 110 valence electrons. The average Bonchev–Trinajstić information content (AvgIpc) is 2.47. The van der Waals surface area contributed by atoms with Gasteiger partial charge in [-0.05, 0) is 24.0 Å². The fourth-order valence-corrected chi connectivity index (χ4v) is 2.93. The van der Waals surface area contributed by atoms with Gasteiger partial charge in [-0.1, -0.05) is 43.5 Å². The zero-order valence-corrected chi connectivity index (χ0v) is 12.1. The third-order valence-electron chi connectivity index (χ3n) is 3.96. The van der Waals surface area contributed by atoms with Crippen molar-refractivity contribution < 1.29 is 9.53 Å². The smallest absolute Gasteiger partial charge is 0.239 e. The van der Waals surface area contributed by atoms with Gasteiger partial charge in [-0.25, -0.2) is 0 Å². The lowest BCUT2D eigenvalue weighted by molar-refractivity contribution is -0.120. The quantitative estimate of drug-likeness (QED) is 0.838. The maximum absolute atomic E-state index is 11.8. The van der Waals surface area contributed by atoms with Gasteiger partial charge in [0.25, 0.3) is 0 Å². The summed E-state index contributed by atoms with van der Waals surface area (Å²) in [7, 11) is 1.66. The van der Waals surface area contributed by atoms with Crippen LogP contribution in [0.4, 0.5) is 0 Å². The Labute approximate surface area is 120 Å². The third kappa shape index (κ3) is 3.81. The number of ether oxygens (including phenoxy) is 1. The van der Waals surface area contributed by atoms with Crippen LogP contribution in [-0.2, 0) is 16.1 Å². The minimum absolute atomic E-state index is 0.320. The number of methoxy groups -OCH3 is 1. The minimum atomic E-state index is -0.426. The summed E-state index contributed by atoms with van der Waals surface area (Å²) in [6, 6.07) is 7.79. The number of nitrogens with one attached hydrogen (secondary N) is 1. The lowest BCUT2D eigenvalue weighted by Gasteiger charge is -2.28. The molecule has 1 aromatic rings. The van der Waals surface area contributed by atoms with E-state index >= 15 is 0 Å². The van der Waals surface area contributed by atoms with Crippen molar-refractivity contribution in [2.45, 2.75) is 50.8 Å². The zero-order chi connectivity index (χ0) is 14.4. The number of benzene rings is 1. The van der Waals surface area contributed by atoms with E-state index in [9.17, 15) is 4.79 Å². The van der Waals surface area contributed by atoms with Crippen LogP contribution in [0.2, 0.25) is 0 Å². The van der Waals surface area contributed by atoms with Crippen LogP contribution in [-0.4, -0.2) is 19.1 Å². The van der Waals surface area contributed by atoms with Gasteiger partial charge in [0.05, 0.1) is 6.61 Å². The second-order valence-electron chi connectivity index (χ2n) is 5.47. The molecule has 0 heterocycles. The number of primary amides is 1. The summed E-state index contributed by atoms with van der Waals surface area (Å²) in [5.41, 5.74) is 7.56. The van der Waals surface area contributed by atoms with Gasteiger partial charge in [-0.3, -0.25) is 10.1 Å². The van der Waals surface area contributed by atoms with Crippen molar-refractivity contribution in [3.8, 4) is 0 Å². The Morgan fingerprint density at radius 3 is 2.70 bits per heavy atom. The first-order chi connectivity index (χ1) is 9.72. The molecule has 1 aromatic carbocycles. The summed E-state index contributed by atoms with van der Waals surface area (Å²) in [6.45, 7) is 0.492. The molecule has 0 bridgehead atoms. The van der Waals surface area contributed by atoms with E-state index in [1.807, 2.05) is 24.3 Å². The molecule has 0 radical (unpaired) electrons. The molecule has 4 heteroatoms. The molecule has 0 saturated heterocycles. The maximum Gasteiger partial charge on any atom is 0.239 e. The van der Waals surface area contributed by atoms with Gasteiger partial charge < -0.3 is 10.5 Å². The van der Waals surface area contributed by atoms with E-state index < -0.39 is 6.04 Å². The van der Waals surface area contributed by atoms with E-state index in [4.69, 9.17) is 10.5 Å². The van der Waals surface area contributed by atoms with Gasteiger partial charge in [-0.2, -0.15) is 0 Å². The van der Waals surface area contributed by atoms with Gasteiger partial charge in [0.2, 0.25) is 5.91 Å². The van der Waals surface area contributed by atoms with Crippen LogP contribution in [0.3, 0.4) is 0 Å². The van der Waals surface area contributed by atoms with E-state index in [1.165, 1.54) is 19.3 Å². The van der Waals surface area contributed by atoms with Gasteiger partial charge in [0.1, 0.15) is 6.04 Å². The largest absolute Gasteiger partial charge is 0.380 e. The Bertz CT molecular complexity index is 442. The van der Waals surface area contributed by atoms with Gasteiger partial charge >= 0.3 is 0 Å². The molecular formula is C16H24N2O2. The molecule has 3 N–H and O–H groups in total. The number of amides is 1. The van der Waals surface area contributed by atoms with Crippen molar-refractivity contribution in [2.24, 2.45) is 5.73 Å². The van der Waals surface area contributed by atoms with Crippen molar-refractivity contribution in [1.29, 1.82) is 0 Å². The molecule has 20 heavy (non-hydrogen) atoms. The Kier molecular flexibility index (Phi) is 5.56. The summed E-state index contributed by atoms with van der Waals surface area (Å²) in [5, 5.41) is 3.44. The number of rotatable bonds is 6. The number of carbonyl (C=O) groups excluding carboxylic acids is 1. The Morgan fingerprint density at radius 1 is 1.35 bits per heavy atom.